The van der Waals surface area contributed by atoms with Crippen molar-refractivity contribution in [2.75, 3.05) is 7.11 Å². The van der Waals surface area contributed by atoms with Gasteiger partial charge in [-0.15, -0.1) is 0 Å². The summed E-state index contributed by atoms with van der Waals surface area (Å²) in [6.45, 7) is 5.71. The van der Waals surface area contributed by atoms with Crippen LogP contribution in [0.5, 0.6) is 5.75 Å². The fourth-order valence-corrected chi connectivity index (χ4v) is 2.23. The number of halogens is 1. The minimum Gasteiger partial charge on any atom is -0.496 e. The summed E-state index contributed by atoms with van der Waals surface area (Å²) in [6.07, 6.45) is 2.55. The van der Waals surface area contributed by atoms with Gasteiger partial charge in [-0.05, 0) is 49.6 Å². The van der Waals surface area contributed by atoms with Gasteiger partial charge in [0.1, 0.15) is 10.9 Å². The van der Waals surface area contributed by atoms with Crippen LogP contribution in [0, 0.1) is 23.7 Å². The molecule has 0 bridgehead atoms. The molecule has 4 nitrogen and oxygen atoms in total. The lowest BCUT2D eigenvalue weighted by molar-refractivity contribution is 0.410. The minimum absolute atomic E-state index is 0.479. The van der Waals surface area contributed by atoms with E-state index in [1.165, 1.54) is 0 Å². The van der Waals surface area contributed by atoms with Gasteiger partial charge >= 0.3 is 0 Å². The van der Waals surface area contributed by atoms with Gasteiger partial charge in [0.05, 0.1) is 18.7 Å². The number of methoxy groups -OCH3 is 1. The van der Waals surface area contributed by atoms with Gasteiger partial charge in [-0.1, -0.05) is 24.6 Å². The van der Waals surface area contributed by atoms with Gasteiger partial charge in [-0.3, -0.25) is 0 Å². The monoisotopic (exact) mass is 329 g/mol. The molecule has 0 saturated heterocycles. The second-order valence-electron chi connectivity index (χ2n) is 4.94. The molecule has 0 aliphatic rings. The molecule has 0 radical (unpaired) electrons. The molecule has 1 heterocycles. The standard InChI is InChI=1S/C10H11NO.C8H9ClN2/c1-3-9-5-4-8(7-11)6-10(9)12-2;1-5-3-8(9)11-4-7(5)6(2)10/h4-6H,3H2,1-2H3;3-4,10H,1-2H3. The molecule has 23 heavy (non-hydrogen) atoms. The molecule has 0 unspecified atom stereocenters. The summed E-state index contributed by atoms with van der Waals surface area (Å²) in [5.41, 5.74) is 4.15. The molecule has 0 atom stereocenters. The van der Waals surface area contributed by atoms with Crippen LogP contribution in [0.4, 0.5) is 0 Å². The molecule has 1 aromatic heterocycles. The topological polar surface area (TPSA) is 69.8 Å². The number of hydrogen-bond acceptors (Lipinski definition) is 4. The number of aryl methyl sites for hydroxylation is 2. The largest absolute Gasteiger partial charge is 0.496 e. The van der Waals surface area contributed by atoms with Gasteiger partial charge in [0.25, 0.3) is 0 Å². The lowest BCUT2D eigenvalue weighted by Gasteiger charge is -2.05. The van der Waals surface area contributed by atoms with Crippen molar-refractivity contribution in [2.45, 2.75) is 27.2 Å². The Balaban J connectivity index is 0.000000231. The van der Waals surface area contributed by atoms with Crippen molar-refractivity contribution < 1.29 is 4.74 Å². The highest BCUT2D eigenvalue weighted by molar-refractivity contribution is 6.29. The van der Waals surface area contributed by atoms with Gasteiger partial charge < -0.3 is 10.1 Å². The molecule has 0 fully saturated rings. The summed E-state index contributed by atoms with van der Waals surface area (Å²) in [5.74, 6) is 0.802. The van der Waals surface area contributed by atoms with Crippen LogP contribution in [-0.2, 0) is 6.42 Å². The summed E-state index contributed by atoms with van der Waals surface area (Å²) in [5, 5.41) is 16.5. The van der Waals surface area contributed by atoms with E-state index in [-0.39, 0.29) is 0 Å². The maximum atomic E-state index is 8.62. The molecular formula is C18H20ClN3O. The lowest BCUT2D eigenvalue weighted by Crippen LogP contribution is -1.96. The van der Waals surface area contributed by atoms with Crippen molar-refractivity contribution >= 4 is 17.3 Å². The first kappa shape index (κ1) is 18.7. The maximum absolute atomic E-state index is 8.62. The Morgan fingerprint density at radius 3 is 2.57 bits per heavy atom. The normalized spacial score (nSPS) is 9.39. The first-order valence-corrected chi connectivity index (χ1v) is 7.55. The highest BCUT2D eigenvalue weighted by Crippen LogP contribution is 2.19. The average molecular weight is 330 g/mol. The van der Waals surface area contributed by atoms with Crippen LogP contribution in [0.3, 0.4) is 0 Å². The Kier molecular flexibility index (Phi) is 7.24. The zero-order valence-corrected chi connectivity index (χ0v) is 14.5. The summed E-state index contributed by atoms with van der Waals surface area (Å²) in [6, 6.07) is 9.33. The number of benzene rings is 1. The van der Waals surface area contributed by atoms with E-state index in [2.05, 4.69) is 18.0 Å². The molecule has 2 rings (SSSR count). The van der Waals surface area contributed by atoms with E-state index in [9.17, 15) is 0 Å². The molecule has 0 aliphatic heterocycles. The van der Waals surface area contributed by atoms with Crippen LogP contribution in [0.25, 0.3) is 0 Å². The van der Waals surface area contributed by atoms with Gasteiger partial charge in [0, 0.05) is 17.5 Å². The van der Waals surface area contributed by atoms with Crippen LogP contribution in [0.15, 0.2) is 30.5 Å². The number of rotatable bonds is 3. The Bertz CT molecular complexity index is 736. The molecule has 0 spiro atoms. The number of nitrogens with one attached hydrogen (secondary N) is 1. The molecule has 1 N–H and O–H groups in total. The van der Waals surface area contributed by atoms with Crippen molar-refractivity contribution in [2.24, 2.45) is 0 Å². The molecule has 2 aromatic rings. The Hall–Kier alpha value is -2.38. The van der Waals surface area contributed by atoms with Crippen molar-refractivity contribution in [3.63, 3.8) is 0 Å². The number of nitrogens with zero attached hydrogens (tertiary/aromatic N) is 2. The van der Waals surface area contributed by atoms with E-state index >= 15 is 0 Å². The molecule has 5 heteroatoms. The fraction of sp³-hybridized carbons (Fsp3) is 0.278. The van der Waals surface area contributed by atoms with Crippen molar-refractivity contribution in [3.8, 4) is 11.8 Å². The fourth-order valence-electron chi connectivity index (χ4n) is 2.02. The smallest absolute Gasteiger partial charge is 0.129 e. The summed E-state index contributed by atoms with van der Waals surface area (Å²) in [4.78, 5) is 3.89. The van der Waals surface area contributed by atoms with E-state index in [0.717, 1.165) is 28.9 Å². The summed E-state index contributed by atoms with van der Waals surface area (Å²) in [7, 11) is 1.62. The SMILES string of the molecule is CC(=N)c1cnc(Cl)cc1C.CCc1ccc(C#N)cc1OC. The number of aromatic nitrogens is 1. The third kappa shape index (κ3) is 5.39. The predicted octanol–water partition coefficient (Wildman–Crippen LogP) is 4.56. The van der Waals surface area contributed by atoms with E-state index in [1.54, 1.807) is 38.4 Å². The second kappa shape index (κ2) is 8.92. The number of ether oxygens (including phenoxy) is 1. The van der Waals surface area contributed by atoms with Crippen molar-refractivity contribution in [1.29, 1.82) is 10.7 Å². The Labute approximate surface area is 142 Å². The van der Waals surface area contributed by atoms with Gasteiger partial charge in [0.2, 0.25) is 0 Å². The van der Waals surface area contributed by atoms with Gasteiger partial charge in [-0.25, -0.2) is 4.98 Å². The number of pyridine rings is 1. The minimum atomic E-state index is 0.479. The van der Waals surface area contributed by atoms with Crippen LogP contribution in [-0.4, -0.2) is 17.8 Å². The Morgan fingerprint density at radius 1 is 1.39 bits per heavy atom. The quantitative estimate of drug-likeness (QED) is 0.662. The zero-order valence-electron chi connectivity index (χ0n) is 13.8. The molecule has 0 amide bonds. The predicted molar refractivity (Wildman–Crippen MR) is 93.6 cm³/mol. The second-order valence-corrected chi connectivity index (χ2v) is 5.33. The summed E-state index contributed by atoms with van der Waals surface area (Å²) >= 11 is 5.64. The highest BCUT2D eigenvalue weighted by Gasteiger charge is 2.01. The number of nitriles is 1. The zero-order chi connectivity index (χ0) is 17.4. The average Bonchev–Trinajstić information content (AvgIpc) is 2.54. The molecule has 0 saturated carbocycles. The molecular weight excluding hydrogens is 310 g/mol. The van der Waals surface area contributed by atoms with Gasteiger partial charge in [-0.2, -0.15) is 5.26 Å². The van der Waals surface area contributed by atoms with Crippen LogP contribution < -0.4 is 4.74 Å². The first-order valence-electron chi connectivity index (χ1n) is 7.17. The first-order chi connectivity index (χ1) is 10.9. The van der Waals surface area contributed by atoms with Crippen molar-refractivity contribution in [3.05, 3.63) is 57.9 Å². The maximum Gasteiger partial charge on any atom is 0.129 e. The van der Waals surface area contributed by atoms with Gasteiger partial charge in [0.15, 0.2) is 0 Å². The molecule has 1 aromatic carbocycles. The van der Waals surface area contributed by atoms with E-state index < -0.39 is 0 Å². The Morgan fingerprint density at radius 2 is 2.09 bits per heavy atom. The third-order valence-electron chi connectivity index (χ3n) is 3.28. The van der Waals surface area contributed by atoms with Crippen molar-refractivity contribution in [1.82, 2.24) is 4.98 Å². The van der Waals surface area contributed by atoms with E-state index in [4.69, 9.17) is 27.0 Å². The highest BCUT2D eigenvalue weighted by atomic mass is 35.5. The molecule has 0 aliphatic carbocycles. The van der Waals surface area contributed by atoms with E-state index in [1.807, 2.05) is 13.0 Å². The number of hydrogen-bond donors (Lipinski definition) is 1. The van der Waals surface area contributed by atoms with E-state index in [0.29, 0.717) is 16.4 Å². The van der Waals surface area contributed by atoms with Crippen LogP contribution in [0.1, 0.15) is 36.1 Å². The molecule has 120 valence electrons. The lowest BCUT2D eigenvalue weighted by atomic mass is 10.1. The summed E-state index contributed by atoms with van der Waals surface area (Å²) < 4.78 is 5.13. The van der Waals surface area contributed by atoms with Crippen LogP contribution >= 0.6 is 11.6 Å². The van der Waals surface area contributed by atoms with Crippen LogP contribution in [0.2, 0.25) is 5.15 Å². The third-order valence-corrected chi connectivity index (χ3v) is 3.49.